The van der Waals surface area contributed by atoms with Crippen LogP contribution >= 0.6 is 0 Å². The minimum atomic E-state index is -0.668. The summed E-state index contributed by atoms with van der Waals surface area (Å²) in [5.74, 6) is -0.0321. The molecule has 0 saturated carbocycles. The van der Waals surface area contributed by atoms with Crippen molar-refractivity contribution in [2.45, 2.75) is 347 Å². The topological polar surface area (TPSA) is 95.9 Å². The zero-order valence-electron chi connectivity index (χ0n) is 44.7. The van der Waals surface area contributed by atoms with Gasteiger partial charge in [0.05, 0.1) is 25.4 Å². The Kier molecular flexibility index (Phi) is 55.0. The van der Waals surface area contributed by atoms with E-state index in [4.69, 9.17) is 4.74 Å². The Morgan fingerprint density at radius 1 is 0.409 bits per heavy atom. The molecule has 6 heteroatoms. The molecule has 0 heterocycles. The molecule has 2 unspecified atom stereocenters. The molecular formula is C60H117NO5. The van der Waals surface area contributed by atoms with Crippen molar-refractivity contribution in [2.24, 2.45) is 0 Å². The van der Waals surface area contributed by atoms with Crippen molar-refractivity contribution in [1.29, 1.82) is 0 Å². The molecule has 0 radical (unpaired) electrons. The van der Waals surface area contributed by atoms with Crippen LogP contribution in [0.5, 0.6) is 0 Å². The summed E-state index contributed by atoms with van der Waals surface area (Å²) < 4.78 is 5.49. The van der Waals surface area contributed by atoms with Gasteiger partial charge in [0.2, 0.25) is 5.91 Å². The number of aliphatic hydroxyl groups excluding tert-OH is 2. The molecule has 0 fully saturated rings. The van der Waals surface area contributed by atoms with E-state index in [-0.39, 0.29) is 18.5 Å². The summed E-state index contributed by atoms with van der Waals surface area (Å²) >= 11 is 0. The highest BCUT2D eigenvalue weighted by molar-refractivity contribution is 5.76. The van der Waals surface area contributed by atoms with Crippen molar-refractivity contribution in [3.05, 3.63) is 12.2 Å². The van der Waals surface area contributed by atoms with Crippen molar-refractivity contribution in [3.63, 3.8) is 0 Å². The minimum Gasteiger partial charge on any atom is -0.466 e. The normalized spacial score (nSPS) is 12.6. The van der Waals surface area contributed by atoms with E-state index < -0.39 is 12.1 Å². The lowest BCUT2D eigenvalue weighted by Gasteiger charge is -2.22. The van der Waals surface area contributed by atoms with E-state index in [1.54, 1.807) is 0 Å². The van der Waals surface area contributed by atoms with E-state index in [0.29, 0.717) is 25.9 Å². The average Bonchev–Trinajstić information content (AvgIpc) is 3.32. The van der Waals surface area contributed by atoms with Gasteiger partial charge in [-0.3, -0.25) is 9.59 Å². The molecule has 0 aromatic rings. The monoisotopic (exact) mass is 932 g/mol. The SMILES string of the molecule is CCCCCCCCCCCCCCCCCCCC(=O)OCCCCCCCCCCC/C=C\CCCCCCCCCC(=O)NC(CO)C(O)CCCCCCCCCCCCCC. The number of esters is 1. The summed E-state index contributed by atoms with van der Waals surface area (Å²) in [5.41, 5.74) is 0. The van der Waals surface area contributed by atoms with Gasteiger partial charge in [0.1, 0.15) is 0 Å². The number of aliphatic hydroxyl groups is 2. The molecule has 0 saturated heterocycles. The van der Waals surface area contributed by atoms with Crippen molar-refractivity contribution in [1.82, 2.24) is 5.32 Å². The van der Waals surface area contributed by atoms with Crippen LogP contribution in [0.4, 0.5) is 0 Å². The maximum absolute atomic E-state index is 12.4. The van der Waals surface area contributed by atoms with Crippen LogP contribution < -0.4 is 5.32 Å². The number of unbranched alkanes of at least 4 members (excludes halogenated alkanes) is 43. The largest absolute Gasteiger partial charge is 0.466 e. The first-order valence-corrected chi connectivity index (χ1v) is 29.9. The van der Waals surface area contributed by atoms with Gasteiger partial charge in [-0.2, -0.15) is 0 Å². The maximum atomic E-state index is 12.4. The van der Waals surface area contributed by atoms with E-state index in [1.807, 2.05) is 0 Å². The molecule has 0 spiro atoms. The highest BCUT2D eigenvalue weighted by Crippen LogP contribution is 2.17. The summed E-state index contributed by atoms with van der Waals surface area (Å²) in [6.07, 6.45) is 66.4. The molecule has 1 amide bonds. The molecular weight excluding hydrogens is 815 g/mol. The predicted molar refractivity (Wildman–Crippen MR) is 287 cm³/mol. The molecule has 0 aromatic carbocycles. The lowest BCUT2D eigenvalue weighted by Crippen LogP contribution is -2.45. The van der Waals surface area contributed by atoms with Crippen LogP contribution in [0.25, 0.3) is 0 Å². The van der Waals surface area contributed by atoms with E-state index in [9.17, 15) is 19.8 Å². The minimum absolute atomic E-state index is 0.0107. The van der Waals surface area contributed by atoms with E-state index in [1.165, 1.54) is 263 Å². The third-order valence-corrected chi connectivity index (χ3v) is 14.1. The highest BCUT2D eigenvalue weighted by Gasteiger charge is 2.20. The second kappa shape index (κ2) is 56.2. The number of ether oxygens (including phenoxy) is 1. The fourth-order valence-electron chi connectivity index (χ4n) is 9.46. The van der Waals surface area contributed by atoms with Crippen LogP contribution in [0.15, 0.2) is 12.2 Å². The fourth-order valence-corrected chi connectivity index (χ4v) is 9.46. The van der Waals surface area contributed by atoms with E-state index in [2.05, 4.69) is 31.3 Å². The zero-order valence-corrected chi connectivity index (χ0v) is 44.7. The number of carbonyl (C=O) groups is 2. The van der Waals surface area contributed by atoms with Crippen LogP contribution in [0.3, 0.4) is 0 Å². The van der Waals surface area contributed by atoms with Crippen LogP contribution in [-0.2, 0) is 14.3 Å². The lowest BCUT2D eigenvalue weighted by atomic mass is 10.0. The van der Waals surface area contributed by atoms with Gasteiger partial charge in [-0.25, -0.2) is 0 Å². The molecule has 392 valence electrons. The number of allylic oxidation sites excluding steroid dienone is 2. The first-order valence-electron chi connectivity index (χ1n) is 29.9. The molecule has 0 rings (SSSR count). The fraction of sp³-hybridized carbons (Fsp3) is 0.933. The first kappa shape index (κ1) is 64.6. The molecule has 0 aliphatic heterocycles. The van der Waals surface area contributed by atoms with Crippen molar-refractivity contribution in [2.75, 3.05) is 13.2 Å². The highest BCUT2D eigenvalue weighted by atomic mass is 16.5. The number of amides is 1. The summed E-state index contributed by atoms with van der Waals surface area (Å²) in [5, 5.41) is 23.2. The van der Waals surface area contributed by atoms with Crippen LogP contribution in [0.2, 0.25) is 0 Å². The van der Waals surface area contributed by atoms with Crippen molar-refractivity contribution < 1.29 is 24.5 Å². The van der Waals surface area contributed by atoms with Gasteiger partial charge >= 0.3 is 5.97 Å². The quantitative estimate of drug-likeness (QED) is 0.0321. The zero-order chi connectivity index (χ0) is 47.9. The van der Waals surface area contributed by atoms with Gasteiger partial charge in [0, 0.05) is 12.8 Å². The van der Waals surface area contributed by atoms with Gasteiger partial charge in [0.25, 0.3) is 0 Å². The molecule has 0 bridgehead atoms. The Bertz CT molecular complexity index is 986. The summed E-state index contributed by atoms with van der Waals surface area (Å²) in [6.45, 7) is 4.96. The Morgan fingerprint density at radius 3 is 1.08 bits per heavy atom. The number of nitrogens with one attached hydrogen (secondary N) is 1. The molecule has 0 aliphatic carbocycles. The van der Waals surface area contributed by atoms with Gasteiger partial charge in [0.15, 0.2) is 0 Å². The number of hydrogen-bond donors (Lipinski definition) is 3. The molecule has 0 aromatic heterocycles. The molecule has 3 N–H and O–H groups in total. The Labute approximate surface area is 412 Å². The first-order chi connectivity index (χ1) is 32.5. The second-order valence-corrected chi connectivity index (χ2v) is 20.7. The van der Waals surface area contributed by atoms with Crippen molar-refractivity contribution >= 4 is 11.9 Å². The Balaban J connectivity index is 3.39. The van der Waals surface area contributed by atoms with E-state index >= 15 is 0 Å². The summed E-state index contributed by atoms with van der Waals surface area (Å²) in [4.78, 5) is 24.5. The molecule has 0 aliphatic rings. The van der Waals surface area contributed by atoms with Crippen molar-refractivity contribution in [3.8, 4) is 0 Å². The van der Waals surface area contributed by atoms with Gasteiger partial charge < -0.3 is 20.3 Å². The Morgan fingerprint density at radius 2 is 0.712 bits per heavy atom. The number of hydrogen-bond acceptors (Lipinski definition) is 5. The summed E-state index contributed by atoms with van der Waals surface area (Å²) in [7, 11) is 0. The van der Waals surface area contributed by atoms with Gasteiger partial charge in [-0.15, -0.1) is 0 Å². The van der Waals surface area contributed by atoms with E-state index in [0.717, 1.165) is 38.5 Å². The third-order valence-electron chi connectivity index (χ3n) is 14.1. The maximum Gasteiger partial charge on any atom is 0.305 e. The van der Waals surface area contributed by atoms with Crippen LogP contribution in [0.1, 0.15) is 335 Å². The second-order valence-electron chi connectivity index (χ2n) is 20.7. The predicted octanol–water partition coefficient (Wildman–Crippen LogP) is 18.5. The van der Waals surface area contributed by atoms with Gasteiger partial charge in [-0.05, 0) is 51.4 Å². The Hall–Kier alpha value is -1.40. The smallest absolute Gasteiger partial charge is 0.305 e. The standard InChI is InChI=1S/C60H117NO5/c1-3-5-7-9-11-13-15-17-18-23-27-30-34-38-42-46-50-54-60(65)66-55-51-47-43-39-35-31-28-25-22-20-19-21-24-26-29-33-37-41-45-49-53-59(64)61-57(56-62)58(63)52-48-44-40-36-32-16-14-12-10-8-6-4-2/h19,21,57-58,62-63H,3-18,20,22-56H2,1-2H3,(H,61,64)/b21-19-. The van der Waals surface area contributed by atoms with Gasteiger partial charge in [-0.1, -0.05) is 283 Å². The van der Waals surface area contributed by atoms with Crippen LogP contribution in [-0.4, -0.2) is 47.4 Å². The lowest BCUT2D eigenvalue weighted by molar-refractivity contribution is -0.143. The number of carbonyl (C=O) groups excluding carboxylic acids is 2. The number of rotatable bonds is 56. The average molecular weight is 933 g/mol. The molecule has 2 atom stereocenters. The van der Waals surface area contributed by atoms with Crippen LogP contribution in [0, 0.1) is 0 Å². The molecule has 6 nitrogen and oxygen atoms in total. The molecule has 66 heavy (non-hydrogen) atoms. The third kappa shape index (κ3) is 52.0. The summed E-state index contributed by atoms with van der Waals surface area (Å²) in [6, 6.07) is -0.546.